The Morgan fingerprint density at radius 1 is 1.50 bits per heavy atom. The highest BCUT2D eigenvalue weighted by Crippen LogP contribution is 2.28. The van der Waals surface area contributed by atoms with Crippen LogP contribution in [0.25, 0.3) is 0 Å². The number of halogens is 1. The van der Waals surface area contributed by atoms with Crippen LogP contribution in [0.4, 0.5) is 5.69 Å². The molecule has 8 nitrogen and oxygen atoms in total. The number of nitrogens with zero attached hydrogens (tertiary/aromatic N) is 4. The van der Waals surface area contributed by atoms with Crippen molar-refractivity contribution in [2.45, 2.75) is 20.0 Å². The smallest absolute Gasteiger partial charge is 0.311 e. The summed E-state index contributed by atoms with van der Waals surface area (Å²) in [5, 5.41) is 15.8. The lowest BCUT2D eigenvalue weighted by atomic mass is 10.1. The van der Waals surface area contributed by atoms with Crippen molar-refractivity contribution in [2.24, 2.45) is 0 Å². The number of carbonyl (C=O) groups excluding carboxylic acids is 1. The summed E-state index contributed by atoms with van der Waals surface area (Å²) in [6.07, 6.45) is 1.69. The fourth-order valence-corrected chi connectivity index (χ4v) is 2.40. The van der Waals surface area contributed by atoms with Crippen LogP contribution in [0.2, 0.25) is 5.02 Å². The molecule has 0 aliphatic carbocycles. The van der Waals surface area contributed by atoms with Gasteiger partial charge in [0.05, 0.1) is 23.6 Å². The highest BCUT2D eigenvalue weighted by atomic mass is 35.5. The number of amides is 1. The Balaban J connectivity index is 2.22. The summed E-state index contributed by atoms with van der Waals surface area (Å²) in [5.74, 6) is -0.271. The van der Waals surface area contributed by atoms with E-state index in [2.05, 4.69) is 5.10 Å². The number of hydrogen-bond acceptors (Lipinski definition) is 5. The van der Waals surface area contributed by atoms with Crippen LogP contribution < -0.4 is 4.74 Å². The van der Waals surface area contributed by atoms with E-state index in [9.17, 15) is 14.9 Å². The molecule has 0 radical (unpaired) electrons. The van der Waals surface area contributed by atoms with E-state index < -0.39 is 4.92 Å². The first-order chi connectivity index (χ1) is 11.4. The number of hydrogen-bond donors (Lipinski definition) is 0. The van der Waals surface area contributed by atoms with E-state index in [0.29, 0.717) is 17.3 Å². The van der Waals surface area contributed by atoms with Crippen LogP contribution >= 0.6 is 11.6 Å². The molecule has 1 heterocycles. The maximum atomic E-state index is 12.5. The minimum atomic E-state index is -0.588. The van der Waals surface area contributed by atoms with E-state index in [4.69, 9.17) is 16.3 Å². The molecule has 24 heavy (non-hydrogen) atoms. The molecule has 0 saturated heterocycles. The van der Waals surface area contributed by atoms with Gasteiger partial charge in [0, 0.05) is 31.4 Å². The van der Waals surface area contributed by atoms with Crippen LogP contribution in [0.5, 0.6) is 5.75 Å². The number of methoxy groups -OCH3 is 1. The highest BCUT2D eigenvalue weighted by molar-refractivity contribution is 6.31. The standard InChI is InChI=1S/C15H17ClN4O4/c1-4-19-8-11(16)12(17-19)9-18(2)15(21)10-5-6-14(24-3)13(7-10)20(22)23/h5-8H,4,9H2,1-3H3. The first-order valence-electron chi connectivity index (χ1n) is 7.17. The molecule has 9 heteroatoms. The Bertz CT molecular complexity index is 775. The van der Waals surface area contributed by atoms with Crippen LogP contribution in [-0.2, 0) is 13.1 Å². The summed E-state index contributed by atoms with van der Waals surface area (Å²) in [6, 6.07) is 4.08. The second kappa shape index (κ2) is 7.31. The lowest BCUT2D eigenvalue weighted by molar-refractivity contribution is -0.385. The predicted molar refractivity (Wildman–Crippen MR) is 88.4 cm³/mol. The van der Waals surface area contributed by atoms with E-state index in [0.717, 1.165) is 0 Å². The van der Waals surface area contributed by atoms with Crippen molar-refractivity contribution in [3.63, 3.8) is 0 Å². The van der Waals surface area contributed by atoms with E-state index in [-0.39, 0.29) is 29.5 Å². The number of nitro benzene ring substituents is 1. The zero-order valence-electron chi connectivity index (χ0n) is 13.5. The number of benzene rings is 1. The van der Waals surface area contributed by atoms with Gasteiger partial charge in [0.15, 0.2) is 5.75 Å². The molecular weight excluding hydrogens is 336 g/mol. The quantitative estimate of drug-likeness (QED) is 0.589. The molecule has 2 rings (SSSR count). The number of nitro groups is 1. The van der Waals surface area contributed by atoms with Gasteiger partial charge in [-0.25, -0.2) is 0 Å². The Kier molecular flexibility index (Phi) is 5.40. The fraction of sp³-hybridized carbons (Fsp3) is 0.333. The molecule has 0 aliphatic heterocycles. The molecule has 0 N–H and O–H groups in total. The zero-order chi connectivity index (χ0) is 17.9. The van der Waals surface area contributed by atoms with Crippen molar-refractivity contribution < 1.29 is 14.5 Å². The van der Waals surface area contributed by atoms with E-state index >= 15 is 0 Å². The summed E-state index contributed by atoms with van der Waals surface area (Å²) in [4.78, 5) is 24.4. The van der Waals surface area contributed by atoms with E-state index in [1.165, 1.54) is 30.2 Å². The third-order valence-electron chi connectivity index (χ3n) is 3.47. The lowest BCUT2D eigenvalue weighted by Gasteiger charge is -2.16. The first-order valence-corrected chi connectivity index (χ1v) is 7.54. The van der Waals surface area contributed by atoms with Crippen LogP contribution in [0.15, 0.2) is 24.4 Å². The van der Waals surface area contributed by atoms with Crippen LogP contribution in [-0.4, -0.2) is 39.7 Å². The Morgan fingerprint density at radius 2 is 2.21 bits per heavy atom. The molecule has 0 fully saturated rings. The normalized spacial score (nSPS) is 10.5. The second-order valence-electron chi connectivity index (χ2n) is 5.08. The largest absolute Gasteiger partial charge is 0.490 e. The molecule has 0 atom stereocenters. The molecule has 0 aliphatic rings. The molecule has 1 aromatic heterocycles. The molecule has 128 valence electrons. The van der Waals surface area contributed by atoms with Crippen molar-refractivity contribution in [1.82, 2.24) is 14.7 Å². The molecule has 0 saturated carbocycles. The minimum absolute atomic E-state index is 0.101. The van der Waals surface area contributed by atoms with Crippen molar-refractivity contribution in [3.05, 3.63) is 50.8 Å². The number of carbonyl (C=O) groups is 1. The van der Waals surface area contributed by atoms with Crippen LogP contribution in [0.3, 0.4) is 0 Å². The second-order valence-corrected chi connectivity index (χ2v) is 5.49. The average Bonchev–Trinajstić information content (AvgIpc) is 2.93. The summed E-state index contributed by atoms with van der Waals surface area (Å²) in [7, 11) is 2.92. The summed E-state index contributed by atoms with van der Waals surface area (Å²) < 4.78 is 6.61. The maximum Gasteiger partial charge on any atom is 0.311 e. The third kappa shape index (κ3) is 3.65. The maximum absolute atomic E-state index is 12.5. The molecule has 0 bridgehead atoms. The van der Waals surface area contributed by atoms with Crippen molar-refractivity contribution in [2.75, 3.05) is 14.2 Å². The third-order valence-corrected chi connectivity index (χ3v) is 3.78. The van der Waals surface area contributed by atoms with Crippen LogP contribution in [0, 0.1) is 10.1 Å². The summed E-state index contributed by atoms with van der Waals surface area (Å²) in [6.45, 7) is 2.80. The fourth-order valence-electron chi connectivity index (χ4n) is 2.19. The van der Waals surface area contributed by atoms with Crippen molar-refractivity contribution >= 4 is 23.2 Å². The number of aromatic nitrogens is 2. The summed E-state index contributed by atoms with van der Waals surface area (Å²) in [5.41, 5.74) is 0.499. The van der Waals surface area contributed by atoms with E-state index in [1.807, 2.05) is 6.92 Å². The van der Waals surface area contributed by atoms with Crippen LogP contribution in [0.1, 0.15) is 23.0 Å². The van der Waals surface area contributed by atoms with Gasteiger partial charge in [0.1, 0.15) is 5.69 Å². The minimum Gasteiger partial charge on any atom is -0.490 e. The van der Waals surface area contributed by atoms with Gasteiger partial charge >= 0.3 is 5.69 Å². The Morgan fingerprint density at radius 3 is 2.75 bits per heavy atom. The van der Waals surface area contributed by atoms with E-state index in [1.54, 1.807) is 17.9 Å². The van der Waals surface area contributed by atoms with Gasteiger partial charge in [-0.15, -0.1) is 0 Å². The summed E-state index contributed by atoms with van der Waals surface area (Å²) >= 11 is 6.10. The molecular formula is C15H17ClN4O4. The Labute approximate surface area is 143 Å². The van der Waals surface area contributed by atoms with Gasteiger partial charge in [-0.2, -0.15) is 5.10 Å². The van der Waals surface area contributed by atoms with Gasteiger partial charge < -0.3 is 9.64 Å². The molecule has 2 aromatic rings. The molecule has 1 amide bonds. The SMILES string of the molecule is CCn1cc(Cl)c(CN(C)C(=O)c2ccc(OC)c([N+](=O)[O-])c2)n1. The predicted octanol–water partition coefficient (Wildman–Crippen LogP) is 2.75. The van der Waals surface area contributed by atoms with Gasteiger partial charge in [-0.1, -0.05) is 11.6 Å². The molecule has 0 unspecified atom stereocenters. The number of aryl methyl sites for hydroxylation is 1. The Hall–Kier alpha value is -2.61. The van der Waals surface area contributed by atoms with Gasteiger partial charge in [-0.3, -0.25) is 19.6 Å². The lowest BCUT2D eigenvalue weighted by Crippen LogP contribution is -2.26. The van der Waals surface area contributed by atoms with Gasteiger partial charge in [0.2, 0.25) is 0 Å². The topological polar surface area (TPSA) is 90.5 Å². The average molecular weight is 353 g/mol. The highest BCUT2D eigenvalue weighted by Gasteiger charge is 2.21. The zero-order valence-corrected chi connectivity index (χ0v) is 14.3. The monoisotopic (exact) mass is 352 g/mol. The van der Waals surface area contributed by atoms with Gasteiger partial charge in [-0.05, 0) is 19.1 Å². The van der Waals surface area contributed by atoms with Crippen molar-refractivity contribution in [3.8, 4) is 5.75 Å². The van der Waals surface area contributed by atoms with Crippen molar-refractivity contribution in [1.29, 1.82) is 0 Å². The van der Waals surface area contributed by atoms with Gasteiger partial charge in [0.25, 0.3) is 5.91 Å². The molecule has 1 aromatic carbocycles. The number of ether oxygens (including phenoxy) is 1. The number of rotatable bonds is 6. The first kappa shape index (κ1) is 17.7. The molecule has 0 spiro atoms.